The van der Waals surface area contributed by atoms with Crippen molar-refractivity contribution in [3.63, 3.8) is 0 Å². The second-order valence-electron chi connectivity index (χ2n) is 4.98. The molecule has 0 N–H and O–H groups in total. The van der Waals surface area contributed by atoms with Gasteiger partial charge in [-0.15, -0.1) is 0 Å². The summed E-state index contributed by atoms with van der Waals surface area (Å²) in [7, 11) is 0. The summed E-state index contributed by atoms with van der Waals surface area (Å²) in [4.78, 5) is 23.6. The smallest absolute Gasteiger partial charge is 0.393 e. The van der Waals surface area contributed by atoms with Crippen LogP contribution in [0.15, 0.2) is 0 Å². The highest BCUT2D eigenvalue weighted by Gasteiger charge is 2.51. The Labute approximate surface area is 129 Å². The van der Waals surface area contributed by atoms with Crippen LogP contribution in [0.4, 0.5) is 13.2 Å². The van der Waals surface area contributed by atoms with Gasteiger partial charge in [0.25, 0.3) is 0 Å². The second-order valence-corrected chi connectivity index (χ2v) is 4.98. The highest BCUT2D eigenvalue weighted by Crippen LogP contribution is 2.37. The van der Waals surface area contributed by atoms with Crippen molar-refractivity contribution in [1.82, 2.24) is 0 Å². The largest absolute Gasteiger partial charge is 0.465 e. The maximum Gasteiger partial charge on any atom is 0.393 e. The minimum Gasteiger partial charge on any atom is -0.465 e. The van der Waals surface area contributed by atoms with Crippen molar-refractivity contribution in [1.29, 1.82) is 0 Å². The maximum atomic E-state index is 13.3. The van der Waals surface area contributed by atoms with Crippen molar-refractivity contribution < 1.29 is 32.2 Å². The number of alkyl halides is 3. The molecule has 0 aromatic heterocycles. The van der Waals surface area contributed by atoms with Crippen molar-refractivity contribution in [2.24, 2.45) is 11.8 Å². The van der Waals surface area contributed by atoms with E-state index < -0.39 is 30.0 Å². The van der Waals surface area contributed by atoms with Gasteiger partial charge in [0, 0.05) is 0 Å². The van der Waals surface area contributed by atoms with Gasteiger partial charge >= 0.3 is 18.1 Å². The quantitative estimate of drug-likeness (QED) is 0.347. The summed E-state index contributed by atoms with van der Waals surface area (Å²) in [5.41, 5.74) is 0. The Balaban J connectivity index is 5.17. The fourth-order valence-corrected chi connectivity index (χ4v) is 2.20. The summed E-state index contributed by atoms with van der Waals surface area (Å²) in [6.07, 6.45) is -2.32. The van der Waals surface area contributed by atoms with E-state index in [0.717, 1.165) is 12.8 Å². The van der Waals surface area contributed by atoms with E-state index >= 15 is 0 Å². The van der Waals surface area contributed by atoms with E-state index in [1.165, 1.54) is 13.8 Å². The van der Waals surface area contributed by atoms with Crippen LogP contribution in [0.25, 0.3) is 0 Å². The van der Waals surface area contributed by atoms with Crippen LogP contribution in [0.3, 0.4) is 0 Å². The topological polar surface area (TPSA) is 52.6 Å². The summed E-state index contributed by atoms with van der Waals surface area (Å²) in [5, 5.41) is 0. The third kappa shape index (κ3) is 7.13. The zero-order valence-electron chi connectivity index (χ0n) is 13.4. The van der Waals surface area contributed by atoms with E-state index in [-0.39, 0.29) is 19.6 Å². The average Bonchev–Trinajstić information content (AvgIpc) is 2.41. The molecule has 130 valence electrons. The molecule has 0 aromatic rings. The van der Waals surface area contributed by atoms with Gasteiger partial charge in [0.05, 0.1) is 19.1 Å². The SMILES string of the molecule is CCCCCCC(C(C(=O)OCC)C(=O)OCC)C(F)(F)F. The van der Waals surface area contributed by atoms with Gasteiger partial charge < -0.3 is 9.47 Å². The third-order valence-corrected chi connectivity index (χ3v) is 3.27. The number of halogens is 3. The Hall–Kier alpha value is -1.27. The molecule has 0 saturated carbocycles. The van der Waals surface area contributed by atoms with Crippen LogP contribution in [0.5, 0.6) is 0 Å². The molecule has 0 aliphatic heterocycles. The van der Waals surface area contributed by atoms with Crippen molar-refractivity contribution in [2.45, 2.75) is 59.1 Å². The second kappa shape index (κ2) is 10.5. The molecule has 4 nitrogen and oxygen atoms in total. The molecule has 0 bridgehead atoms. The van der Waals surface area contributed by atoms with Crippen LogP contribution in [-0.2, 0) is 19.1 Å². The highest BCUT2D eigenvalue weighted by molar-refractivity contribution is 5.95. The summed E-state index contributed by atoms with van der Waals surface area (Å²) in [5.74, 6) is -6.35. The highest BCUT2D eigenvalue weighted by atomic mass is 19.4. The molecule has 0 amide bonds. The monoisotopic (exact) mass is 326 g/mol. The van der Waals surface area contributed by atoms with Gasteiger partial charge in [-0.05, 0) is 20.3 Å². The zero-order valence-corrected chi connectivity index (χ0v) is 13.4. The molecule has 1 unspecified atom stereocenters. The van der Waals surface area contributed by atoms with E-state index in [4.69, 9.17) is 0 Å². The Bertz CT molecular complexity index is 324. The van der Waals surface area contributed by atoms with E-state index in [2.05, 4.69) is 9.47 Å². The Kier molecular flexibility index (Phi) is 9.85. The van der Waals surface area contributed by atoms with E-state index in [0.29, 0.717) is 12.8 Å². The Morgan fingerprint density at radius 3 is 1.77 bits per heavy atom. The predicted octanol–water partition coefficient (Wildman–Crippen LogP) is 3.88. The Morgan fingerprint density at radius 2 is 1.41 bits per heavy atom. The first kappa shape index (κ1) is 20.7. The molecule has 1 atom stereocenters. The maximum absolute atomic E-state index is 13.3. The number of esters is 2. The zero-order chi connectivity index (χ0) is 17.2. The number of hydrogen-bond acceptors (Lipinski definition) is 4. The minimum atomic E-state index is -4.66. The summed E-state index contributed by atoms with van der Waals surface area (Å²) < 4.78 is 49.1. The van der Waals surface area contributed by atoms with Gasteiger partial charge in [-0.2, -0.15) is 13.2 Å². The summed E-state index contributed by atoms with van der Waals surface area (Å²) in [6, 6.07) is 0. The molecular weight excluding hydrogens is 301 g/mol. The average molecular weight is 326 g/mol. The third-order valence-electron chi connectivity index (χ3n) is 3.27. The van der Waals surface area contributed by atoms with Crippen LogP contribution in [0, 0.1) is 11.8 Å². The molecule has 0 aliphatic carbocycles. The van der Waals surface area contributed by atoms with Crippen molar-refractivity contribution >= 4 is 11.9 Å². The van der Waals surface area contributed by atoms with Gasteiger partial charge in [-0.3, -0.25) is 9.59 Å². The number of rotatable bonds is 10. The standard InChI is InChI=1S/C15H25F3O4/c1-4-7-8-9-10-11(15(16,17)18)12(13(19)21-5-2)14(20)22-6-3/h11-12H,4-10H2,1-3H3. The lowest BCUT2D eigenvalue weighted by Gasteiger charge is -2.26. The molecule has 0 saturated heterocycles. The Morgan fingerprint density at radius 1 is 0.909 bits per heavy atom. The molecule has 0 aliphatic rings. The van der Waals surface area contributed by atoms with Gasteiger partial charge in [-0.1, -0.05) is 32.6 Å². The van der Waals surface area contributed by atoms with Gasteiger partial charge in [0.15, 0.2) is 5.92 Å². The van der Waals surface area contributed by atoms with Gasteiger partial charge in [0.1, 0.15) is 0 Å². The van der Waals surface area contributed by atoms with Crippen LogP contribution < -0.4 is 0 Å². The van der Waals surface area contributed by atoms with Crippen molar-refractivity contribution in [3.05, 3.63) is 0 Å². The number of hydrogen-bond donors (Lipinski definition) is 0. The van der Waals surface area contributed by atoms with E-state index in [1.54, 1.807) is 0 Å². The lowest BCUT2D eigenvalue weighted by Crippen LogP contribution is -2.41. The lowest BCUT2D eigenvalue weighted by atomic mass is 9.86. The number of carbonyl (C=O) groups excluding carboxylic acids is 2. The van der Waals surface area contributed by atoms with Crippen LogP contribution in [-0.4, -0.2) is 31.3 Å². The predicted molar refractivity (Wildman–Crippen MR) is 75.1 cm³/mol. The van der Waals surface area contributed by atoms with Gasteiger partial charge in [-0.25, -0.2) is 0 Å². The first-order valence-electron chi connectivity index (χ1n) is 7.69. The molecule has 0 heterocycles. The molecule has 0 radical (unpaired) electrons. The van der Waals surface area contributed by atoms with E-state index in [9.17, 15) is 22.8 Å². The lowest BCUT2D eigenvalue weighted by molar-refractivity contribution is -0.207. The normalized spacial score (nSPS) is 13.0. The fourth-order valence-electron chi connectivity index (χ4n) is 2.20. The molecule has 0 spiro atoms. The molecule has 7 heteroatoms. The number of unbranched alkanes of at least 4 members (excludes halogenated alkanes) is 3. The van der Waals surface area contributed by atoms with Crippen LogP contribution in [0.1, 0.15) is 52.9 Å². The summed E-state index contributed by atoms with van der Waals surface area (Å²) >= 11 is 0. The molecule has 0 rings (SSSR count). The minimum absolute atomic E-state index is 0.0881. The van der Waals surface area contributed by atoms with Crippen molar-refractivity contribution in [2.75, 3.05) is 13.2 Å². The molecular formula is C15H25F3O4. The number of ether oxygens (including phenoxy) is 2. The fraction of sp³-hybridized carbons (Fsp3) is 0.867. The molecule has 22 heavy (non-hydrogen) atoms. The first-order chi connectivity index (χ1) is 10.3. The molecule has 0 fully saturated rings. The van der Waals surface area contributed by atoms with Gasteiger partial charge in [0.2, 0.25) is 0 Å². The van der Waals surface area contributed by atoms with Crippen molar-refractivity contribution in [3.8, 4) is 0 Å². The molecule has 0 aromatic carbocycles. The summed E-state index contributed by atoms with van der Waals surface area (Å²) in [6.45, 7) is 4.72. The first-order valence-corrected chi connectivity index (χ1v) is 7.69. The van der Waals surface area contributed by atoms with Crippen LogP contribution >= 0.6 is 0 Å². The van der Waals surface area contributed by atoms with Crippen LogP contribution in [0.2, 0.25) is 0 Å². The van der Waals surface area contributed by atoms with E-state index in [1.807, 2.05) is 6.92 Å². The number of carbonyl (C=O) groups is 2.